The minimum atomic E-state index is -0.523. The predicted octanol–water partition coefficient (Wildman–Crippen LogP) is 4.41. The first kappa shape index (κ1) is 24.3. The van der Waals surface area contributed by atoms with Gasteiger partial charge in [-0.2, -0.15) is 0 Å². The minimum absolute atomic E-state index is 0.0973. The molecule has 1 aliphatic rings. The number of thiazole rings is 1. The van der Waals surface area contributed by atoms with Crippen molar-refractivity contribution in [1.82, 2.24) is 4.98 Å². The molecule has 1 fully saturated rings. The van der Waals surface area contributed by atoms with Crippen LogP contribution in [0.25, 0.3) is 11.3 Å². The molecule has 0 N–H and O–H groups in total. The summed E-state index contributed by atoms with van der Waals surface area (Å²) in [5.41, 5.74) is 2.36. The number of aromatic nitrogens is 1. The van der Waals surface area contributed by atoms with Crippen LogP contribution in [0.1, 0.15) is 6.42 Å². The third-order valence-corrected chi connectivity index (χ3v) is 6.67. The maximum absolute atomic E-state index is 13.5. The summed E-state index contributed by atoms with van der Waals surface area (Å²) >= 11 is 1.39. The van der Waals surface area contributed by atoms with Gasteiger partial charge < -0.3 is 19.1 Å². The lowest BCUT2D eigenvalue weighted by molar-refractivity contribution is -0.124. The molecule has 1 unspecified atom stereocenters. The van der Waals surface area contributed by atoms with Crippen LogP contribution in [0.15, 0.2) is 60.5 Å². The number of carbonyl (C=O) groups excluding carboxylic acids is 2. The maximum atomic E-state index is 13.5. The lowest BCUT2D eigenvalue weighted by atomic mass is 10.1. The average molecular weight is 494 g/mol. The van der Waals surface area contributed by atoms with E-state index in [1.807, 2.05) is 35.7 Å². The monoisotopic (exact) mass is 493 g/mol. The summed E-state index contributed by atoms with van der Waals surface area (Å²) in [6.07, 6.45) is 1.76. The topological polar surface area (TPSA) is 81.2 Å². The van der Waals surface area contributed by atoms with Crippen LogP contribution >= 0.6 is 11.3 Å². The molecule has 2 aromatic carbocycles. The van der Waals surface area contributed by atoms with E-state index < -0.39 is 5.92 Å². The third kappa shape index (κ3) is 4.85. The second-order valence-corrected chi connectivity index (χ2v) is 8.74. The molecule has 3 aromatic rings. The number of anilines is 2. The highest BCUT2D eigenvalue weighted by atomic mass is 32.1. The fraction of sp³-hybridized carbons (Fsp3) is 0.269. The van der Waals surface area contributed by atoms with E-state index in [2.05, 4.69) is 11.6 Å². The van der Waals surface area contributed by atoms with E-state index in [0.29, 0.717) is 34.6 Å². The lowest BCUT2D eigenvalue weighted by Crippen LogP contribution is -2.37. The molecule has 4 rings (SSSR count). The van der Waals surface area contributed by atoms with E-state index >= 15 is 0 Å². The van der Waals surface area contributed by atoms with Gasteiger partial charge in [-0.15, -0.1) is 17.9 Å². The minimum Gasteiger partial charge on any atom is -0.493 e. The third-order valence-electron chi connectivity index (χ3n) is 5.81. The number of benzene rings is 2. The van der Waals surface area contributed by atoms with E-state index in [-0.39, 0.29) is 24.8 Å². The molecule has 0 bridgehead atoms. The average Bonchev–Trinajstić information content (AvgIpc) is 3.53. The highest BCUT2D eigenvalue weighted by Gasteiger charge is 2.38. The summed E-state index contributed by atoms with van der Waals surface area (Å²) in [6, 6.07) is 13.2. The van der Waals surface area contributed by atoms with Gasteiger partial charge in [0.2, 0.25) is 17.6 Å². The highest BCUT2D eigenvalue weighted by Crippen LogP contribution is 2.42. The Morgan fingerprint density at radius 1 is 1.17 bits per heavy atom. The molecule has 182 valence electrons. The van der Waals surface area contributed by atoms with E-state index in [0.717, 1.165) is 11.3 Å². The van der Waals surface area contributed by atoms with Crippen molar-refractivity contribution in [3.63, 3.8) is 0 Å². The Bertz CT molecular complexity index is 1200. The number of ether oxygens (including phenoxy) is 3. The Morgan fingerprint density at radius 3 is 2.46 bits per heavy atom. The van der Waals surface area contributed by atoms with Crippen molar-refractivity contribution in [1.29, 1.82) is 0 Å². The van der Waals surface area contributed by atoms with Crippen molar-refractivity contribution >= 4 is 34.0 Å². The van der Waals surface area contributed by atoms with Crippen LogP contribution in [-0.4, -0.2) is 51.2 Å². The fourth-order valence-electron chi connectivity index (χ4n) is 4.09. The van der Waals surface area contributed by atoms with Gasteiger partial charge in [0.15, 0.2) is 16.6 Å². The molecule has 0 spiro atoms. The van der Waals surface area contributed by atoms with Crippen molar-refractivity contribution in [3.05, 3.63) is 60.5 Å². The molecule has 1 atom stereocenters. The largest absolute Gasteiger partial charge is 0.493 e. The zero-order valence-electron chi connectivity index (χ0n) is 19.9. The molecule has 35 heavy (non-hydrogen) atoms. The van der Waals surface area contributed by atoms with Gasteiger partial charge in [-0.25, -0.2) is 4.98 Å². The molecule has 1 saturated heterocycles. The molecule has 9 heteroatoms. The van der Waals surface area contributed by atoms with Gasteiger partial charge in [-0.1, -0.05) is 36.4 Å². The van der Waals surface area contributed by atoms with E-state index in [4.69, 9.17) is 14.2 Å². The molecular formula is C26H27N3O5S. The van der Waals surface area contributed by atoms with Gasteiger partial charge in [-0.05, 0) is 0 Å². The van der Waals surface area contributed by atoms with Gasteiger partial charge in [0.05, 0.1) is 38.6 Å². The van der Waals surface area contributed by atoms with Crippen LogP contribution in [0.3, 0.4) is 0 Å². The summed E-state index contributed by atoms with van der Waals surface area (Å²) in [7, 11) is 4.56. The van der Waals surface area contributed by atoms with E-state index in [1.54, 1.807) is 28.0 Å². The molecule has 0 radical (unpaired) electrons. The SMILES string of the molecule is C=CCN(C(=O)C1CC(=O)N(c2cc(OC)c(OC)c(OC)c2)C1)c1nc(-c2ccccc2)cs1. The fourth-order valence-corrected chi connectivity index (χ4v) is 4.94. The number of methoxy groups -OCH3 is 3. The van der Waals surface area contributed by atoms with Crippen molar-refractivity contribution in [2.24, 2.45) is 5.92 Å². The Kier molecular flexibility index (Phi) is 7.36. The highest BCUT2D eigenvalue weighted by molar-refractivity contribution is 7.14. The van der Waals surface area contributed by atoms with E-state index in [1.165, 1.54) is 32.7 Å². The zero-order chi connectivity index (χ0) is 24.9. The van der Waals surface area contributed by atoms with Gasteiger partial charge in [0.25, 0.3) is 0 Å². The number of hydrogen-bond donors (Lipinski definition) is 0. The van der Waals surface area contributed by atoms with E-state index in [9.17, 15) is 9.59 Å². The quantitative estimate of drug-likeness (QED) is 0.411. The van der Waals surface area contributed by atoms with Crippen molar-refractivity contribution in [2.75, 3.05) is 44.2 Å². The first-order valence-electron chi connectivity index (χ1n) is 11.0. The number of carbonyl (C=O) groups is 2. The second kappa shape index (κ2) is 10.6. The van der Waals surface area contributed by atoms with Crippen LogP contribution in [0.2, 0.25) is 0 Å². The first-order chi connectivity index (χ1) is 17.0. The molecule has 0 saturated carbocycles. The number of rotatable bonds is 9. The molecule has 1 aliphatic heterocycles. The summed E-state index contributed by atoms with van der Waals surface area (Å²) < 4.78 is 16.2. The molecule has 2 heterocycles. The Balaban J connectivity index is 1.58. The normalized spacial score (nSPS) is 15.1. The van der Waals surface area contributed by atoms with Crippen molar-refractivity contribution in [3.8, 4) is 28.5 Å². The van der Waals surface area contributed by atoms with Gasteiger partial charge in [-0.3, -0.25) is 14.5 Å². The summed E-state index contributed by atoms with van der Waals surface area (Å²) in [4.78, 5) is 34.4. The molecule has 8 nitrogen and oxygen atoms in total. The van der Waals surface area contributed by atoms with Crippen LogP contribution in [0.5, 0.6) is 17.2 Å². The second-order valence-electron chi connectivity index (χ2n) is 7.91. The molecular weight excluding hydrogens is 466 g/mol. The maximum Gasteiger partial charge on any atom is 0.234 e. The Morgan fingerprint density at radius 2 is 1.86 bits per heavy atom. The summed E-state index contributed by atoms with van der Waals surface area (Å²) in [6.45, 7) is 4.34. The summed E-state index contributed by atoms with van der Waals surface area (Å²) in [5, 5.41) is 2.50. The van der Waals surface area contributed by atoms with Crippen LogP contribution in [0, 0.1) is 5.92 Å². The Hall–Kier alpha value is -3.85. The van der Waals surface area contributed by atoms with Crippen LogP contribution in [-0.2, 0) is 9.59 Å². The van der Waals surface area contributed by atoms with Gasteiger partial charge in [0, 0.05) is 42.6 Å². The van der Waals surface area contributed by atoms with Gasteiger partial charge >= 0.3 is 0 Å². The van der Waals surface area contributed by atoms with Crippen LogP contribution in [0.4, 0.5) is 10.8 Å². The number of hydrogen-bond acceptors (Lipinski definition) is 7. The predicted molar refractivity (Wildman–Crippen MR) is 137 cm³/mol. The van der Waals surface area contributed by atoms with Gasteiger partial charge in [0.1, 0.15) is 0 Å². The standard InChI is InChI=1S/C26H27N3O5S/c1-5-11-28(26-27-20(16-35-26)17-9-7-6-8-10-17)25(31)18-12-23(30)29(15-18)19-13-21(32-2)24(34-4)22(14-19)33-3/h5-10,13-14,16,18H,1,11-12,15H2,2-4H3. The molecule has 0 aliphatic carbocycles. The Labute approximate surface area is 208 Å². The van der Waals surface area contributed by atoms with Crippen molar-refractivity contribution in [2.45, 2.75) is 6.42 Å². The first-order valence-corrected chi connectivity index (χ1v) is 11.9. The summed E-state index contributed by atoms with van der Waals surface area (Å²) in [5.74, 6) is 0.476. The number of amides is 2. The lowest BCUT2D eigenvalue weighted by Gasteiger charge is -2.23. The smallest absolute Gasteiger partial charge is 0.234 e. The van der Waals surface area contributed by atoms with Crippen molar-refractivity contribution < 1.29 is 23.8 Å². The number of nitrogens with zero attached hydrogens (tertiary/aromatic N) is 3. The van der Waals surface area contributed by atoms with Crippen LogP contribution < -0.4 is 24.0 Å². The molecule has 2 amide bonds. The zero-order valence-corrected chi connectivity index (χ0v) is 20.7. The molecule has 1 aromatic heterocycles.